The summed E-state index contributed by atoms with van der Waals surface area (Å²) in [5.74, 6) is 0.745. The van der Waals surface area contributed by atoms with Gasteiger partial charge in [0, 0.05) is 5.56 Å². The van der Waals surface area contributed by atoms with Crippen LogP contribution in [0.4, 0.5) is 0 Å². The van der Waals surface area contributed by atoms with E-state index in [1.807, 2.05) is 0 Å². The van der Waals surface area contributed by atoms with Crippen molar-refractivity contribution in [2.75, 3.05) is 0 Å². The summed E-state index contributed by atoms with van der Waals surface area (Å²) in [4.78, 5) is 17.2. The lowest BCUT2D eigenvalue weighted by Gasteiger charge is -1.96. The molecule has 0 saturated carbocycles. The number of aromatic amines is 1. The molecule has 0 unspecified atom stereocenters. The van der Waals surface area contributed by atoms with Crippen LogP contribution >= 0.6 is 0 Å². The Morgan fingerprint density at radius 1 is 1.43 bits per heavy atom. The molecule has 0 amide bonds. The maximum Gasteiger partial charge on any atom is 0.167 e. The number of nitrogens with one attached hydrogen (secondary N) is 1. The quantitative estimate of drug-likeness (QED) is 0.703. The molecule has 0 aliphatic rings. The minimum Gasteiger partial charge on any atom is -0.508 e. The van der Waals surface area contributed by atoms with Crippen LogP contribution in [-0.4, -0.2) is 21.4 Å². The number of rotatable bonds is 2. The van der Waals surface area contributed by atoms with Crippen molar-refractivity contribution in [1.29, 1.82) is 0 Å². The number of phenolic OH excluding ortho intramolecular Hbond substituents is 1. The topological polar surface area (TPSA) is 66.0 Å². The van der Waals surface area contributed by atoms with Crippen LogP contribution in [0, 0.1) is 0 Å². The summed E-state index contributed by atoms with van der Waals surface area (Å²) in [6.45, 7) is 0. The molecule has 0 radical (unpaired) electrons. The van der Waals surface area contributed by atoms with Gasteiger partial charge in [-0.15, -0.1) is 0 Å². The lowest BCUT2D eigenvalue weighted by Crippen LogP contribution is -1.81. The summed E-state index contributed by atoms with van der Waals surface area (Å²) in [5, 5.41) is 9.23. The summed E-state index contributed by atoms with van der Waals surface area (Å²) in [6, 6.07) is 6.67. The van der Waals surface area contributed by atoms with Crippen molar-refractivity contribution in [3.05, 3.63) is 36.2 Å². The van der Waals surface area contributed by atoms with Crippen LogP contribution < -0.4 is 0 Å². The normalized spacial score (nSPS) is 10.0. The molecule has 0 aliphatic carbocycles. The number of aldehydes is 1. The van der Waals surface area contributed by atoms with Crippen molar-refractivity contribution in [1.82, 2.24) is 9.97 Å². The number of hydrogen-bond acceptors (Lipinski definition) is 3. The van der Waals surface area contributed by atoms with E-state index >= 15 is 0 Å². The van der Waals surface area contributed by atoms with Crippen molar-refractivity contribution in [2.45, 2.75) is 0 Å². The molecule has 1 heterocycles. The first-order valence-electron chi connectivity index (χ1n) is 4.09. The average molecular weight is 188 g/mol. The van der Waals surface area contributed by atoms with Crippen LogP contribution in [0.2, 0.25) is 0 Å². The molecular weight excluding hydrogens is 180 g/mol. The number of aromatic nitrogens is 2. The lowest BCUT2D eigenvalue weighted by atomic mass is 10.2. The molecule has 1 aromatic carbocycles. The Hall–Kier alpha value is -2.10. The van der Waals surface area contributed by atoms with Gasteiger partial charge in [0.25, 0.3) is 0 Å². The molecule has 0 atom stereocenters. The smallest absolute Gasteiger partial charge is 0.167 e. The predicted molar refractivity (Wildman–Crippen MR) is 51.1 cm³/mol. The molecule has 14 heavy (non-hydrogen) atoms. The third kappa shape index (κ3) is 1.50. The molecule has 0 saturated heterocycles. The van der Waals surface area contributed by atoms with Gasteiger partial charge in [-0.3, -0.25) is 4.79 Å². The van der Waals surface area contributed by atoms with Crippen molar-refractivity contribution in [3.8, 4) is 17.1 Å². The van der Waals surface area contributed by atoms with Crippen LogP contribution in [0.15, 0.2) is 30.5 Å². The SMILES string of the molecule is O=Cc1cnc(-c2cccc(O)c2)[nH]1. The van der Waals surface area contributed by atoms with E-state index in [4.69, 9.17) is 0 Å². The molecule has 0 bridgehead atoms. The molecule has 2 aromatic rings. The van der Waals surface area contributed by atoms with E-state index < -0.39 is 0 Å². The minimum absolute atomic E-state index is 0.173. The van der Waals surface area contributed by atoms with Gasteiger partial charge in [0.2, 0.25) is 0 Å². The number of benzene rings is 1. The van der Waals surface area contributed by atoms with E-state index in [9.17, 15) is 9.90 Å². The monoisotopic (exact) mass is 188 g/mol. The number of hydrogen-bond donors (Lipinski definition) is 2. The molecule has 70 valence electrons. The summed E-state index contributed by atoms with van der Waals surface area (Å²) in [6.07, 6.45) is 2.14. The first kappa shape index (κ1) is 8.50. The maximum absolute atomic E-state index is 10.4. The first-order chi connectivity index (χ1) is 6.79. The largest absolute Gasteiger partial charge is 0.508 e. The molecule has 2 rings (SSSR count). The third-order valence-corrected chi connectivity index (χ3v) is 1.84. The average Bonchev–Trinajstić information content (AvgIpc) is 2.66. The summed E-state index contributed by atoms with van der Waals surface area (Å²) in [5.41, 5.74) is 1.17. The molecule has 2 N–H and O–H groups in total. The fraction of sp³-hybridized carbons (Fsp3) is 0. The van der Waals surface area contributed by atoms with Gasteiger partial charge in [0.1, 0.15) is 11.6 Å². The second kappa shape index (κ2) is 3.33. The Morgan fingerprint density at radius 2 is 2.29 bits per heavy atom. The van der Waals surface area contributed by atoms with Gasteiger partial charge < -0.3 is 10.1 Å². The van der Waals surface area contributed by atoms with Gasteiger partial charge in [-0.1, -0.05) is 12.1 Å². The number of imidazole rings is 1. The fourth-order valence-electron chi connectivity index (χ4n) is 1.20. The standard InChI is InChI=1S/C10H8N2O2/c13-6-8-5-11-10(12-8)7-2-1-3-9(14)4-7/h1-6,14H,(H,11,12). The highest BCUT2D eigenvalue weighted by atomic mass is 16.3. The molecule has 4 heteroatoms. The molecule has 4 nitrogen and oxygen atoms in total. The lowest BCUT2D eigenvalue weighted by molar-refractivity contribution is 0.111. The second-order valence-corrected chi connectivity index (χ2v) is 2.86. The van der Waals surface area contributed by atoms with Gasteiger partial charge in [-0.2, -0.15) is 0 Å². The van der Waals surface area contributed by atoms with Gasteiger partial charge in [0.15, 0.2) is 6.29 Å². The van der Waals surface area contributed by atoms with Crippen LogP contribution in [0.1, 0.15) is 10.5 Å². The van der Waals surface area contributed by atoms with Crippen LogP contribution in [-0.2, 0) is 0 Å². The Balaban J connectivity index is 2.43. The summed E-state index contributed by atoms with van der Waals surface area (Å²) in [7, 11) is 0. The number of nitrogens with zero attached hydrogens (tertiary/aromatic N) is 1. The van der Waals surface area contributed by atoms with Gasteiger partial charge in [-0.05, 0) is 12.1 Å². The highest BCUT2D eigenvalue weighted by Gasteiger charge is 2.02. The predicted octanol–water partition coefficient (Wildman–Crippen LogP) is 1.59. The van der Waals surface area contributed by atoms with E-state index in [-0.39, 0.29) is 5.75 Å². The third-order valence-electron chi connectivity index (χ3n) is 1.84. The maximum atomic E-state index is 10.4. The van der Waals surface area contributed by atoms with Crippen LogP contribution in [0.3, 0.4) is 0 Å². The van der Waals surface area contributed by atoms with Crippen molar-refractivity contribution in [3.63, 3.8) is 0 Å². The van der Waals surface area contributed by atoms with Crippen molar-refractivity contribution >= 4 is 6.29 Å². The highest BCUT2D eigenvalue weighted by molar-refractivity contribution is 5.73. The van der Waals surface area contributed by atoms with E-state index in [1.54, 1.807) is 24.3 Å². The van der Waals surface area contributed by atoms with Crippen molar-refractivity contribution in [2.24, 2.45) is 0 Å². The minimum atomic E-state index is 0.173. The first-order valence-corrected chi connectivity index (χ1v) is 4.09. The number of H-pyrrole nitrogens is 1. The van der Waals surface area contributed by atoms with Crippen LogP contribution in [0.25, 0.3) is 11.4 Å². The zero-order valence-corrected chi connectivity index (χ0v) is 7.27. The fourth-order valence-corrected chi connectivity index (χ4v) is 1.20. The second-order valence-electron chi connectivity index (χ2n) is 2.86. The summed E-state index contributed by atoms with van der Waals surface area (Å²) < 4.78 is 0. The van der Waals surface area contributed by atoms with Gasteiger partial charge in [0.05, 0.1) is 11.9 Å². The number of phenols is 1. The number of carbonyl (C=O) groups is 1. The highest BCUT2D eigenvalue weighted by Crippen LogP contribution is 2.19. The zero-order valence-electron chi connectivity index (χ0n) is 7.27. The molecule has 0 fully saturated rings. The van der Waals surface area contributed by atoms with E-state index in [1.165, 1.54) is 6.20 Å². The number of aromatic hydroxyl groups is 1. The molecule has 0 aliphatic heterocycles. The Kier molecular flexibility index (Phi) is 2.02. The molecule has 0 spiro atoms. The zero-order chi connectivity index (χ0) is 9.97. The van der Waals surface area contributed by atoms with Gasteiger partial charge >= 0.3 is 0 Å². The van der Waals surface area contributed by atoms with Crippen LogP contribution in [0.5, 0.6) is 5.75 Å². The Bertz CT molecular complexity index is 463. The van der Waals surface area contributed by atoms with E-state index in [2.05, 4.69) is 9.97 Å². The molecular formula is C10H8N2O2. The van der Waals surface area contributed by atoms with Crippen molar-refractivity contribution < 1.29 is 9.90 Å². The summed E-state index contributed by atoms with van der Waals surface area (Å²) >= 11 is 0. The van der Waals surface area contributed by atoms with E-state index in [0.717, 1.165) is 5.56 Å². The Morgan fingerprint density at radius 3 is 2.93 bits per heavy atom. The van der Waals surface area contributed by atoms with E-state index in [0.29, 0.717) is 17.8 Å². The Labute approximate surface area is 80.2 Å². The molecule has 1 aromatic heterocycles. The van der Waals surface area contributed by atoms with Gasteiger partial charge in [-0.25, -0.2) is 4.98 Å². The number of carbonyl (C=O) groups excluding carboxylic acids is 1.